The van der Waals surface area contributed by atoms with E-state index in [9.17, 15) is 9.90 Å². The van der Waals surface area contributed by atoms with Gasteiger partial charge in [-0.25, -0.2) is 0 Å². The minimum Gasteiger partial charge on any atom is -0.508 e. The van der Waals surface area contributed by atoms with Gasteiger partial charge in [0.15, 0.2) is 6.61 Å². The fourth-order valence-corrected chi connectivity index (χ4v) is 1.91. The molecule has 15 heavy (non-hydrogen) atoms. The molecule has 0 bridgehead atoms. The van der Waals surface area contributed by atoms with Gasteiger partial charge in [0.25, 0.3) is 0 Å². The molecular weight excluding hydrogens is 192 g/mol. The zero-order chi connectivity index (χ0) is 10.4. The summed E-state index contributed by atoms with van der Waals surface area (Å²) in [5.41, 5.74) is 0.586. The van der Waals surface area contributed by atoms with Crippen LogP contribution < -0.4 is 4.74 Å². The second-order valence-electron chi connectivity index (χ2n) is 3.56. The predicted octanol–water partition coefficient (Wildman–Crippen LogP) is 2.12. The summed E-state index contributed by atoms with van der Waals surface area (Å²) >= 11 is 0. The summed E-state index contributed by atoms with van der Waals surface area (Å²) in [5, 5.41) is 11.1. The van der Waals surface area contributed by atoms with Gasteiger partial charge in [-0.3, -0.25) is 4.79 Å². The Morgan fingerprint density at radius 1 is 1.20 bits per heavy atom. The highest BCUT2D eigenvalue weighted by molar-refractivity contribution is 6.13. The Bertz CT molecular complexity index is 572. The summed E-state index contributed by atoms with van der Waals surface area (Å²) in [6, 6.07) is 8.66. The zero-order valence-electron chi connectivity index (χ0n) is 7.86. The summed E-state index contributed by atoms with van der Waals surface area (Å²) in [5.74, 6) is 0.745. The van der Waals surface area contributed by atoms with E-state index in [1.165, 1.54) is 0 Å². The van der Waals surface area contributed by atoms with Gasteiger partial charge in [0.05, 0.1) is 5.56 Å². The van der Waals surface area contributed by atoms with E-state index in [1.54, 1.807) is 24.3 Å². The zero-order valence-corrected chi connectivity index (χ0v) is 7.86. The van der Waals surface area contributed by atoms with E-state index in [0.717, 1.165) is 10.8 Å². The molecule has 1 aliphatic heterocycles. The first-order valence-corrected chi connectivity index (χ1v) is 4.67. The van der Waals surface area contributed by atoms with Crippen molar-refractivity contribution in [3.63, 3.8) is 0 Å². The van der Waals surface area contributed by atoms with Gasteiger partial charge in [0, 0.05) is 0 Å². The lowest BCUT2D eigenvalue weighted by molar-refractivity contribution is 0.0962. The second kappa shape index (κ2) is 2.73. The van der Waals surface area contributed by atoms with E-state index >= 15 is 0 Å². The highest BCUT2D eigenvalue weighted by atomic mass is 16.5. The smallest absolute Gasteiger partial charge is 0.204 e. The van der Waals surface area contributed by atoms with Gasteiger partial charge in [0.2, 0.25) is 5.78 Å². The van der Waals surface area contributed by atoms with Gasteiger partial charge in [0.1, 0.15) is 11.5 Å². The van der Waals surface area contributed by atoms with Crippen molar-refractivity contribution >= 4 is 16.6 Å². The van der Waals surface area contributed by atoms with Crippen LogP contribution in [0.2, 0.25) is 0 Å². The summed E-state index contributed by atoms with van der Waals surface area (Å²) < 4.78 is 5.23. The van der Waals surface area contributed by atoms with E-state index in [1.807, 2.05) is 6.07 Å². The monoisotopic (exact) mass is 200 g/mol. The van der Waals surface area contributed by atoms with E-state index < -0.39 is 0 Å². The topological polar surface area (TPSA) is 46.5 Å². The number of hydrogen-bond donors (Lipinski definition) is 1. The Hall–Kier alpha value is -2.03. The number of carbonyl (C=O) groups excluding carboxylic acids is 1. The van der Waals surface area contributed by atoms with Gasteiger partial charge in [-0.05, 0) is 29.0 Å². The molecule has 3 heteroatoms. The van der Waals surface area contributed by atoms with Crippen molar-refractivity contribution in [2.75, 3.05) is 6.61 Å². The molecule has 0 saturated heterocycles. The molecule has 3 rings (SSSR count). The van der Waals surface area contributed by atoms with Crippen molar-refractivity contribution in [3.05, 3.63) is 35.9 Å². The fourth-order valence-electron chi connectivity index (χ4n) is 1.91. The van der Waals surface area contributed by atoms with Crippen molar-refractivity contribution < 1.29 is 14.6 Å². The SMILES string of the molecule is O=C1COc2ccc3ccc(O)cc3c21. The molecule has 1 aliphatic rings. The quantitative estimate of drug-likeness (QED) is 0.708. The summed E-state index contributed by atoms with van der Waals surface area (Å²) in [6.07, 6.45) is 0. The molecule has 2 aromatic rings. The second-order valence-corrected chi connectivity index (χ2v) is 3.56. The summed E-state index contributed by atoms with van der Waals surface area (Å²) in [7, 11) is 0. The molecule has 2 aromatic carbocycles. The van der Waals surface area contributed by atoms with Gasteiger partial charge in [-0.2, -0.15) is 0 Å². The molecule has 0 aromatic heterocycles. The van der Waals surface area contributed by atoms with Gasteiger partial charge in [-0.15, -0.1) is 0 Å². The lowest BCUT2D eigenvalue weighted by Crippen LogP contribution is -1.99. The van der Waals surface area contributed by atoms with Crippen LogP contribution in [-0.2, 0) is 0 Å². The van der Waals surface area contributed by atoms with Crippen molar-refractivity contribution in [1.29, 1.82) is 0 Å². The van der Waals surface area contributed by atoms with Crippen LogP contribution in [0.5, 0.6) is 11.5 Å². The lowest BCUT2D eigenvalue weighted by Gasteiger charge is -2.03. The highest BCUT2D eigenvalue weighted by Crippen LogP contribution is 2.33. The summed E-state index contributed by atoms with van der Waals surface area (Å²) in [6.45, 7) is 0.101. The number of hydrogen-bond acceptors (Lipinski definition) is 3. The van der Waals surface area contributed by atoms with Crippen LogP contribution in [0.25, 0.3) is 10.8 Å². The minimum absolute atomic E-state index is 0.0267. The molecule has 0 amide bonds. The van der Waals surface area contributed by atoms with Gasteiger partial charge in [-0.1, -0.05) is 12.1 Å². The molecule has 0 spiro atoms. The number of carbonyl (C=O) groups is 1. The van der Waals surface area contributed by atoms with Crippen LogP contribution in [0.1, 0.15) is 10.4 Å². The maximum absolute atomic E-state index is 11.6. The Morgan fingerprint density at radius 2 is 2.00 bits per heavy atom. The van der Waals surface area contributed by atoms with Crippen LogP contribution in [0.3, 0.4) is 0 Å². The molecule has 1 N–H and O–H groups in total. The summed E-state index contributed by atoms with van der Waals surface area (Å²) in [4.78, 5) is 11.6. The molecule has 74 valence electrons. The van der Waals surface area contributed by atoms with E-state index in [2.05, 4.69) is 0 Å². The number of phenolic OH excluding ortho intramolecular Hbond substituents is 1. The highest BCUT2D eigenvalue weighted by Gasteiger charge is 2.23. The van der Waals surface area contributed by atoms with Crippen LogP contribution in [0.15, 0.2) is 30.3 Å². The minimum atomic E-state index is -0.0267. The van der Waals surface area contributed by atoms with Crippen LogP contribution >= 0.6 is 0 Å². The average Bonchev–Trinajstić information content (AvgIpc) is 2.60. The number of benzene rings is 2. The van der Waals surface area contributed by atoms with E-state index in [0.29, 0.717) is 11.3 Å². The number of ketones is 1. The first-order valence-electron chi connectivity index (χ1n) is 4.67. The number of ether oxygens (including phenoxy) is 1. The molecule has 0 atom stereocenters. The number of phenols is 1. The average molecular weight is 200 g/mol. The first-order chi connectivity index (χ1) is 7.25. The number of aromatic hydroxyl groups is 1. The molecular formula is C12H8O3. The number of Topliss-reactive ketones (excluding diaryl/α,β-unsaturated/α-hetero) is 1. The van der Waals surface area contributed by atoms with Crippen molar-refractivity contribution in [1.82, 2.24) is 0 Å². The third kappa shape index (κ3) is 1.09. The van der Waals surface area contributed by atoms with Crippen LogP contribution in [0.4, 0.5) is 0 Å². The van der Waals surface area contributed by atoms with E-state index in [4.69, 9.17) is 4.74 Å². The molecule has 1 heterocycles. The third-order valence-electron chi connectivity index (χ3n) is 2.60. The normalized spacial score (nSPS) is 14.0. The van der Waals surface area contributed by atoms with E-state index in [-0.39, 0.29) is 18.1 Å². The lowest BCUT2D eigenvalue weighted by atomic mass is 10.0. The maximum Gasteiger partial charge on any atom is 0.204 e. The Kier molecular flexibility index (Phi) is 1.51. The van der Waals surface area contributed by atoms with Gasteiger partial charge >= 0.3 is 0 Å². The Balaban J connectivity index is 2.45. The molecule has 3 nitrogen and oxygen atoms in total. The van der Waals surface area contributed by atoms with Crippen molar-refractivity contribution in [2.24, 2.45) is 0 Å². The molecule has 0 aliphatic carbocycles. The Labute approximate surface area is 85.9 Å². The van der Waals surface area contributed by atoms with Gasteiger partial charge < -0.3 is 9.84 Å². The Morgan fingerprint density at radius 3 is 2.87 bits per heavy atom. The standard InChI is InChI=1S/C12H8O3/c13-8-3-1-7-2-4-11-12(9(7)5-8)10(14)6-15-11/h1-5,13H,6H2. The first kappa shape index (κ1) is 8.29. The van der Waals surface area contributed by atoms with Crippen molar-refractivity contribution in [3.8, 4) is 11.5 Å². The predicted molar refractivity (Wildman–Crippen MR) is 55.4 cm³/mol. The largest absolute Gasteiger partial charge is 0.508 e. The molecule has 0 radical (unpaired) electrons. The van der Waals surface area contributed by atoms with Crippen LogP contribution in [-0.4, -0.2) is 17.5 Å². The molecule has 0 fully saturated rings. The number of fused-ring (bicyclic) bond motifs is 3. The van der Waals surface area contributed by atoms with Crippen molar-refractivity contribution in [2.45, 2.75) is 0 Å². The fraction of sp³-hybridized carbons (Fsp3) is 0.0833. The maximum atomic E-state index is 11.6. The number of rotatable bonds is 0. The molecule has 0 unspecified atom stereocenters. The molecule has 0 saturated carbocycles. The third-order valence-corrected chi connectivity index (χ3v) is 2.60. The van der Waals surface area contributed by atoms with Crippen LogP contribution in [0, 0.1) is 0 Å².